The maximum absolute atomic E-state index is 12.8. The molecule has 0 saturated carbocycles. The lowest BCUT2D eigenvalue weighted by atomic mass is 10.0. The molecule has 2 fully saturated rings. The number of morpholine rings is 1. The highest BCUT2D eigenvalue weighted by Crippen LogP contribution is 2.29. The molecule has 7 heteroatoms. The highest BCUT2D eigenvalue weighted by Gasteiger charge is 2.38. The molecule has 3 aliphatic heterocycles. The summed E-state index contributed by atoms with van der Waals surface area (Å²) in [6, 6.07) is 5.29. The minimum absolute atomic E-state index is 0.0985. The normalized spacial score (nSPS) is 22.3. The van der Waals surface area contributed by atoms with Crippen LogP contribution in [0.2, 0.25) is 0 Å². The molecule has 0 radical (unpaired) electrons. The molecule has 1 N–H and O–H groups in total. The first-order chi connectivity index (χ1) is 13.5. The summed E-state index contributed by atoms with van der Waals surface area (Å²) in [6.45, 7) is 6.74. The average molecular weight is 383 g/mol. The molecule has 3 heterocycles. The lowest BCUT2D eigenvalue weighted by Gasteiger charge is -2.30. The van der Waals surface area contributed by atoms with Gasteiger partial charge in [0.15, 0.2) is 0 Å². The lowest BCUT2D eigenvalue weighted by Crippen LogP contribution is -2.49. The van der Waals surface area contributed by atoms with E-state index in [0.29, 0.717) is 69.8 Å². The van der Waals surface area contributed by atoms with Crippen LogP contribution < -0.4 is 5.32 Å². The Labute approximate surface area is 164 Å². The Morgan fingerprint density at radius 1 is 1.25 bits per heavy atom. The van der Waals surface area contributed by atoms with Crippen molar-refractivity contribution in [2.45, 2.75) is 38.3 Å². The van der Waals surface area contributed by atoms with Crippen LogP contribution in [-0.2, 0) is 27.3 Å². The molecule has 0 aliphatic carbocycles. The van der Waals surface area contributed by atoms with E-state index in [1.54, 1.807) is 4.90 Å². The van der Waals surface area contributed by atoms with Crippen molar-refractivity contribution in [1.29, 1.82) is 0 Å². The zero-order valence-corrected chi connectivity index (χ0v) is 15.9. The Kier molecular flexibility index (Phi) is 5.17. The van der Waals surface area contributed by atoms with E-state index in [9.17, 15) is 14.4 Å². The van der Waals surface area contributed by atoms with Crippen LogP contribution in [0.5, 0.6) is 0 Å². The van der Waals surface area contributed by atoms with Gasteiger partial charge in [0.2, 0.25) is 11.8 Å². The number of allylic oxidation sites excluding steroid dienone is 1. The molecule has 1 aromatic rings. The summed E-state index contributed by atoms with van der Waals surface area (Å²) in [5.41, 5.74) is 3.33. The molecule has 1 atom stereocenters. The highest BCUT2D eigenvalue weighted by atomic mass is 16.5. The quantitative estimate of drug-likeness (QED) is 0.848. The second-order valence-corrected chi connectivity index (χ2v) is 7.56. The average Bonchev–Trinajstić information content (AvgIpc) is 3.02. The van der Waals surface area contributed by atoms with Crippen molar-refractivity contribution in [2.75, 3.05) is 26.3 Å². The van der Waals surface area contributed by atoms with Crippen LogP contribution in [0.15, 0.2) is 30.5 Å². The van der Waals surface area contributed by atoms with E-state index in [1.165, 1.54) is 0 Å². The molecule has 2 saturated heterocycles. The van der Waals surface area contributed by atoms with Crippen LogP contribution in [-0.4, -0.2) is 59.9 Å². The first-order valence-corrected chi connectivity index (χ1v) is 9.80. The number of hydrogen-bond acceptors (Lipinski definition) is 4. The van der Waals surface area contributed by atoms with Crippen LogP contribution >= 0.6 is 0 Å². The summed E-state index contributed by atoms with van der Waals surface area (Å²) >= 11 is 0. The SMILES string of the molecule is C=C1CCC(N2Cc3cc(CCC(=O)N4CCOCC4)ccc3C2=O)C(=O)N1. The molecule has 28 heavy (non-hydrogen) atoms. The highest BCUT2D eigenvalue weighted by molar-refractivity contribution is 6.01. The molecular weight excluding hydrogens is 358 g/mol. The Morgan fingerprint density at radius 2 is 2.04 bits per heavy atom. The number of hydrogen-bond donors (Lipinski definition) is 1. The van der Waals surface area contributed by atoms with Crippen molar-refractivity contribution in [2.24, 2.45) is 0 Å². The first kappa shape index (κ1) is 18.7. The van der Waals surface area contributed by atoms with E-state index in [2.05, 4.69) is 11.9 Å². The summed E-state index contributed by atoms with van der Waals surface area (Å²) in [5.74, 6) is -0.118. The predicted molar refractivity (Wildman–Crippen MR) is 102 cm³/mol. The van der Waals surface area contributed by atoms with Crippen LogP contribution in [0.1, 0.15) is 40.7 Å². The number of fused-ring (bicyclic) bond motifs is 1. The molecule has 0 spiro atoms. The Hall–Kier alpha value is -2.67. The lowest BCUT2D eigenvalue weighted by molar-refractivity contribution is -0.135. The van der Waals surface area contributed by atoms with E-state index >= 15 is 0 Å². The molecule has 3 aliphatic rings. The number of carbonyl (C=O) groups is 3. The zero-order chi connectivity index (χ0) is 19.7. The van der Waals surface area contributed by atoms with Gasteiger partial charge < -0.3 is 19.9 Å². The van der Waals surface area contributed by atoms with Crippen molar-refractivity contribution in [1.82, 2.24) is 15.1 Å². The van der Waals surface area contributed by atoms with E-state index < -0.39 is 6.04 Å². The van der Waals surface area contributed by atoms with Crippen LogP contribution in [0, 0.1) is 0 Å². The number of benzene rings is 1. The third kappa shape index (κ3) is 3.67. The third-order valence-electron chi connectivity index (χ3n) is 5.69. The first-order valence-electron chi connectivity index (χ1n) is 9.80. The minimum Gasteiger partial charge on any atom is -0.378 e. The van der Waals surface area contributed by atoms with E-state index in [4.69, 9.17) is 4.74 Å². The standard InChI is InChI=1S/C21H25N3O4/c1-14-2-6-18(20(26)22-14)24-13-16-12-15(3-5-17(16)21(24)27)4-7-19(25)23-8-10-28-11-9-23/h3,5,12,18H,1-2,4,6-11,13H2,(H,22,26). The Bertz CT molecular complexity index is 829. The number of nitrogens with one attached hydrogen (secondary N) is 1. The fourth-order valence-corrected chi connectivity index (χ4v) is 4.09. The Balaban J connectivity index is 1.40. The van der Waals surface area contributed by atoms with Crippen molar-refractivity contribution in [3.8, 4) is 0 Å². The second kappa shape index (κ2) is 7.75. The maximum Gasteiger partial charge on any atom is 0.255 e. The number of piperidine rings is 1. The summed E-state index contributed by atoms with van der Waals surface area (Å²) in [7, 11) is 0. The number of aryl methyl sites for hydroxylation is 1. The molecular formula is C21H25N3O4. The van der Waals surface area contributed by atoms with Crippen LogP contribution in [0.3, 0.4) is 0 Å². The van der Waals surface area contributed by atoms with E-state index in [-0.39, 0.29) is 17.7 Å². The van der Waals surface area contributed by atoms with Gasteiger partial charge in [0, 0.05) is 37.3 Å². The van der Waals surface area contributed by atoms with Crippen LogP contribution in [0.25, 0.3) is 0 Å². The minimum atomic E-state index is -0.447. The van der Waals surface area contributed by atoms with Gasteiger partial charge in [0.1, 0.15) is 6.04 Å². The van der Waals surface area contributed by atoms with Crippen molar-refractivity contribution < 1.29 is 19.1 Å². The molecule has 0 bridgehead atoms. The number of amides is 3. The van der Waals surface area contributed by atoms with Gasteiger partial charge in [-0.25, -0.2) is 0 Å². The molecule has 3 amide bonds. The topological polar surface area (TPSA) is 79.0 Å². The van der Waals surface area contributed by atoms with E-state index in [0.717, 1.165) is 11.1 Å². The third-order valence-corrected chi connectivity index (χ3v) is 5.69. The summed E-state index contributed by atoms with van der Waals surface area (Å²) < 4.78 is 5.28. The van der Waals surface area contributed by atoms with Gasteiger partial charge in [0.05, 0.1) is 13.2 Å². The molecule has 1 unspecified atom stereocenters. The van der Waals surface area contributed by atoms with Crippen LogP contribution in [0.4, 0.5) is 0 Å². The summed E-state index contributed by atoms with van der Waals surface area (Å²) in [6.07, 6.45) is 2.38. The van der Waals surface area contributed by atoms with E-state index in [1.807, 2.05) is 23.1 Å². The molecule has 7 nitrogen and oxygen atoms in total. The number of rotatable bonds is 4. The van der Waals surface area contributed by atoms with Gasteiger partial charge in [-0.3, -0.25) is 14.4 Å². The number of nitrogens with zero attached hydrogens (tertiary/aromatic N) is 2. The number of ether oxygens (including phenoxy) is 1. The maximum atomic E-state index is 12.8. The monoisotopic (exact) mass is 383 g/mol. The fourth-order valence-electron chi connectivity index (χ4n) is 4.09. The van der Waals surface area contributed by atoms with Gasteiger partial charge in [-0.15, -0.1) is 0 Å². The predicted octanol–water partition coefficient (Wildman–Crippen LogP) is 1.23. The van der Waals surface area contributed by atoms with Gasteiger partial charge in [-0.1, -0.05) is 18.7 Å². The van der Waals surface area contributed by atoms with Gasteiger partial charge in [-0.05, 0) is 36.5 Å². The van der Waals surface area contributed by atoms with Crippen molar-refractivity contribution in [3.63, 3.8) is 0 Å². The van der Waals surface area contributed by atoms with Crippen molar-refractivity contribution in [3.05, 3.63) is 47.2 Å². The van der Waals surface area contributed by atoms with Gasteiger partial charge in [0.25, 0.3) is 5.91 Å². The summed E-state index contributed by atoms with van der Waals surface area (Å²) in [4.78, 5) is 40.9. The molecule has 148 valence electrons. The number of carbonyl (C=O) groups excluding carboxylic acids is 3. The zero-order valence-electron chi connectivity index (χ0n) is 15.9. The summed E-state index contributed by atoms with van der Waals surface area (Å²) in [5, 5.41) is 2.75. The second-order valence-electron chi connectivity index (χ2n) is 7.56. The molecule has 1 aromatic carbocycles. The largest absolute Gasteiger partial charge is 0.378 e. The van der Waals surface area contributed by atoms with Crippen molar-refractivity contribution >= 4 is 17.7 Å². The van der Waals surface area contributed by atoms with Gasteiger partial charge in [-0.2, -0.15) is 0 Å². The molecule has 0 aromatic heterocycles. The molecule has 4 rings (SSSR count). The fraction of sp³-hybridized carbons (Fsp3) is 0.476. The Morgan fingerprint density at radius 3 is 2.79 bits per heavy atom. The van der Waals surface area contributed by atoms with Gasteiger partial charge >= 0.3 is 0 Å². The smallest absolute Gasteiger partial charge is 0.255 e.